The van der Waals surface area contributed by atoms with Crippen molar-refractivity contribution in [2.75, 3.05) is 6.54 Å². The summed E-state index contributed by atoms with van der Waals surface area (Å²) >= 11 is 0. The molecule has 0 saturated heterocycles. The van der Waals surface area contributed by atoms with E-state index >= 15 is 0 Å². The Labute approximate surface area is 131 Å². The van der Waals surface area contributed by atoms with Crippen LogP contribution in [-0.4, -0.2) is 19.9 Å². The third kappa shape index (κ3) is 3.96. The summed E-state index contributed by atoms with van der Waals surface area (Å²) in [6.07, 6.45) is 2.93. The van der Waals surface area contributed by atoms with Gasteiger partial charge in [0.15, 0.2) is 5.89 Å². The van der Waals surface area contributed by atoms with Gasteiger partial charge in [0.2, 0.25) is 10.0 Å². The Balaban J connectivity index is 2.13. The van der Waals surface area contributed by atoms with Crippen LogP contribution < -0.4 is 4.72 Å². The van der Waals surface area contributed by atoms with Crippen LogP contribution in [0.15, 0.2) is 33.6 Å². The first-order chi connectivity index (χ1) is 10.4. The van der Waals surface area contributed by atoms with E-state index in [4.69, 9.17) is 4.42 Å². The van der Waals surface area contributed by atoms with Crippen molar-refractivity contribution < 1.29 is 12.8 Å². The second-order valence-corrected chi connectivity index (χ2v) is 7.03. The molecule has 0 aliphatic rings. The van der Waals surface area contributed by atoms with Gasteiger partial charge in [0.05, 0.1) is 4.90 Å². The minimum absolute atomic E-state index is 0.269. The highest BCUT2D eigenvalue weighted by molar-refractivity contribution is 7.89. The van der Waals surface area contributed by atoms with Gasteiger partial charge in [-0.05, 0) is 25.5 Å². The summed E-state index contributed by atoms with van der Waals surface area (Å²) in [5, 5.41) is 0. The number of aromatic nitrogens is 1. The Morgan fingerprint density at radius 1 is 1.14 bits per heavy atom. The topological polar surface area (TPSA) is 72.2 Å². The number of benzene rings is 1. The van der Waals surface area contributed by atoms with Crippen LogP contribution in [0, 0.1) is 13.8 Å². The van der Waals surface area contributed by atoms with E-state index in [-0.39, 0.29) is 4.90 Å². The molecule has 6 heteroatoms. The zero-order chi connectivity index (χ0) is 16.2. The molecule has 1 heterocycles. The van der Waals surface area contributed by atoms with Crippen molar-refractivity contribution in [1.29, 1.82) is 0 Å². The van der Waals surface area contributed by atoms with Gasteiger partial charge in [-0.25, -0.2) is 18.1 Å². The average molecular weight is 322 g/mol. The molecule has 2 rings (SSSR count). The summed E-state index contributed by atoms with van der Waals surface area (Å²) in [6, 6.07) is 6.71. The number of nitrogens with zero attached hydrogens (tertiary/aromatic N) is 1. The number of unbranched alkanes of at least 4 members (excludes halogenated alkanes) is 2. The van der Waals surface area contributed by atoms with E-state index in [1.807, 2.05) is 6.92 Å². The number of oxazole rings is 1. The molecule has 0 spiro atoms. The molecule has 0 atom stereocenters. The predicted molar refractivity (Wildman–Crippen MR) is 86.1 cm³/mol. The van der Waals surface area contributed by atoms with E-state index in [2.05, 4.69) is 16.6 Å². The van der Waals surface area contributed by atoms with Gasteiger partial charge in [0.25, 0.3) is 0 Å². The van der Waals surface area contributed by atoms with Gasteiger partial charge in [-0.2, -0.15) is 0 Å². The van der Waals surface area contributed by atoms with E-state index in [0.29, 0.717) is 12.4 Å². The van der Waals surface area contributed by atoms with Crippen molar-refractivity contribution in [2.24, 2.45) is 0 Å². The molecule has 0 unspecified atom stereocenters. The number of sulfonamides is 1. The molecule has 0 aliphatic heterocycles. The summed E-state index contributed by atoms with van der Waals surface area (Å²) in [4.78, 5) is 4.58. The molecule has 1 aromatic heterocycles. The number of rotatable bonds is 7. The van der Waals surface area contributed by atoms with E-state index in [9.17, 15) is 8.42 Å². The lowest BCUT2D eigenvalue weighted by Gasteiger charge is -2.07. The van der Waals surface area contributed by atoms with Crippen molar-refractivity contribution in [3.8, 4) is 11.3 Å². The molecule has 0 amide bonds. The smallest absolute Gasteiger partial charge is 0.240 e. The molecular formula is C16H22N2O3S. The zero-order valence-corrected chi connectivity index (χ0v) is 14.0. The van der Waals surface area contributed by atoms with Gasteiger partial charge in [-0.15, -0.1) is 0 Å². The van der Waals surface area contributed by atoms with E-state index < -0.39 is 10.0 Å². The summed E-state index contributed by atoms with van der Waals surface area (Å²) in [5.74, 6) is 1.33. The highest BCUT2D eigenvalue weighted by Crippen LogP contribution is 2.24. The maximum atomic E-state index is 12.2. The van der Waals surface area contributed by atoms with Crippen LogP contribution in [0.4, 0.5) is 0 Å². The van der Waals surface area contributed by atoms with Crippen molar-refractivity contribution in [3.05, 3.63) is 35.9 Å². The van der Waals surface area contributed by atoms with Crippen LogP contribution in [0.25, 0.3) is 11.3 Å². The second kappa shape index (κ2) is 7.07. The maximum absolute atomic E-state index is 12.2. The molecule has 0 saturated carbocycles. The molecule has 5 nitrogen and oxygen atoms in total. The Morgan fingerprint density at radius 2 is 1.82 bits per heavy atom. The largest absolute Gasteiger partial charge is 0.446 e. The highest BCUT2D eigenvalue weighted by Gasteiger charge is 2.15. The fraction of sp³-hybridized carbons (Fsp3) is 0.438. The molecule has 2 aromatic rings. The molecule has 0 radical (unpaired) electrons. The van der Waals surface area contributed by atoms with Gasteiger partial charge in [0.1, 0.15) is 11.5 Å². The first-order valence-corrected chi connectivity index (χ1v) is 8.96. The van der Waals surface area contributed by atoms with Gasteiger partial charge < -0.3 is 4.42 Å². The summed E-state index contributed by atoms with van der Waals surface area (Å²) < 4.78 is 32.4. The van der Waals surface area contributed by atoms with Crippen LogP contribution in [0.2, 0.25) is 0 Å². The van der Waals surface area contributed by atoms with Crippen molar-refractivity contribution in [2.45, 2.75) is 44.9 Å². The van der Waals surface area contributed by atoms with E-state index in [1.165, 1.54) is 0 Å². The standard InChI is InChI=1S/C16H22N2O3S/c1-4-5-6-11-17-22(19,20)15-9-7-14(8-10-15)16-12(2)21-13(3)18-16/h7-10,17H,4-6,11H2,1-3H3. The lowest BCUT2D eigenvalue weighted by Crippen LogP contribution is -2.24. The Kier molecular flexibility index (Phi) is 5.37. The summed E-state index contributed by atoms with van der Waals surface area (Å²) in [5.41, 5.74) is 1.59. The first kappa shape index (κ1) is 16.7. The minimum Gasteiger partial charge on any atom is -0.446 e. The van der Waals surface area contributed by atoms with Crippen molar-refractivity contribution in [1.82, 2.24) is 9.71 Å². The first-order valence-electron chi connectivity index (χ1n) is 7.48. The molecule has 22 heavy (non-hydrogen) atoms. The summed E-state index contributed by atoms with van der Waals surface area (Å²) in [7, 11) is -3.44. The molecule has 0 bridgehead atoms. The lowest BCUT2D eigenvalue weighted by molar-refractivity contribution is 0.495. The lowest BCUT2D eigenvalue weighted by atomic mass is 10.1. The van der Waals surface area contributed by atoms with Crippen LogP contribution >= 0.6 is 0 Å². The van der Waals surface area contributed by atoms with Crippen molar-refractivity contribution in [3.63, 3.8) is 0 Å². The summed E-state index contributed by atoms with van der Waals surface area (Å²) in [6.45, 7) is 6.19. The number of hydrogen-bond acceptors (Lipinski definition) is 4. The van der Waals surface area contributed by atoms with Crippen LogP contribution in [0.1, 0.15) is 37.8 Å². The zero-order valence-electron chi connectivity index (χ0n) is 13.2. The molecule has 1 N–H and O–H groups in total. The van der Waals surface area contributed by atoms with Gasteiger partial charge in [-0.1, -0.05) is 31.9 Å². The Hall–Kier alpha value is -1.66. The average Bonchev–Trinajstić information content (AvgIpc) is 2.82. The molecular weight excluding hydrogens is 300 g/mol. The normalized spacial score (nSPS) is 11.8. The fourth-order valence-corrected chi connectivity index (χ4v) is 3.33. The third-order valence-electron chi connectivity index (χ3n) is 3.41. The van der Waals surface area contributed by atoms with Gasteiger partial charge in [-0.3, -0.25) is 0 Å². The quantitative estimate of drug-likeness (QED) is 0.793. The van der Waals surface area contributed by atoms with Crippen LogP contribution in [0.5, 0.6) is 0 Å². The molecule has 0 fully saturated rings. The number of hydrogen-bond donors (Lipinski definition) is 1. The van der Waals surface area contributed by atoms with Crippen LogP contribution in [0.3, 0.4) is 0 Å². The predicted octanol–water partition coefficient (Wildman–Crippen LogP) is 3.43. The monoisotopic (exact) mass is 322 g/mol. The van der Waals surface area contributed by atoms with Crippen LogP contribution in [-0.2, 0) is 10.0 Å². The maximum Gasteiger partial charge on any atom is 0.240 e. The minimum atomic E-state index is -3.44. The van der Waals surface area contributed by atoms with Crippen molar-refractivity contribution >= 4 is 10.0 Å². The Bertz CT molecular complexity index is 718. The second-order valence-electron chi connectivity index (χ2n) is 5.27. The third-order valence-corrected chi connectivity index (χ3v) is 4.89. The van der Waals surface area contributed by atoms with Gasteiger partial charge >= 0.3 is 0 Å². The van der Waals surface area contributed by atoms with Gasteiger partial charge in [0, 0.05) is 19.0 Å². The molecule has 0 aliphatic carbocycles. The number of nitrogens with one attached hydrogen (secondary N) is 1. The molecule has 120 valence electrons. The Morgan fingerprint density at radius 3 is 2.36 bits per heavy atom. The fourth-order valence-electron chi connectivity index (χ4n) is 2.25. The van der Waals surface area contributed by atoms with E-state index in [0.717, 1.165) is 36.3 Å². The highest BCUT2D eigenvalue weighted by atomic mass is 32.2. The SMILES string of the molecule is CCCCCNS(=O)(=O)c1ccc(-c2nc(C)oc2C)cc1. The molecule has 1 aromatic carbocycles. The number of aryl methyl sites for hydroxylation is 2. The van der Waals surface area contributed by atoms with E-state index in [1.54, 1.807) is 31.2 Å².